The van der Waals surface area contributed by atoms with Crippen LogP contribution in [0.15, 0.2) is 22.7 Å². The van der Waals surface area contributed by atoms with E-state index in [1.807, 2.05) is 0 Å². The zero-order valence-corrected chi connectivity index (χ0v) is 12.6. The predicted octanol–water partition coefficient (Wildman–Crippen LogP) is 3.93. The van der Waals surface area contributed by atoms with Crippen molar-refractivity contribution < 1.29 is 14.8 Å². The highest BCUT2D eigenvalue weighted by Gasteiger charge is 2.41. The zero-order valence-electron chi connectivity index (χ0n) is 11.0. The summed E-state index contributed by atoms with van der Waals surface area (Å²) >= 11 is 3.21. The van der Waals surface area contributed by atoms with Crippen LogP contribution < -0.4 is 0 Å². The molecule has 1 fully saturated rings. The first kappa shape index (κ1) is 15.0. The van der Waals surface area contributed by atoms with Crippen molar-refractivity contribution in [3.05, 3.63) is 38.3 Å². The summed E-state index contributed by atoms with van der Waals surface area (Å²) in [5.74, 6) is -0.839. The molecule has 1 aromatic rings. The molecule has 0 atom stereocenters. The largest absolute Gasteiger partial charge is 0.481 e. The van der Waals surface area contributed by atoms with Crippen LogP contribution in [-0.4, -0.2) is 16.0 Å². The Hall–Kier alpha value is -1.43. The average molecular weight is 342 g/mol. The minimum absolute atomic E-state index is 0.00873. The van der Waals surface area contributed by atoms with Crippen molar-refractivity contribution in [2.45, 2.75) is 38.5 Å². The maximum Gasteiger partial charge on any atom is 0.309 e. The van der Waals surface area contributed by atoms with Crippen molar-refractivity contribution >= 4 is 27.6 Å². The Bertz CT molecular complexity index is 538. The van der Waals surface area contributed by atoms with E-state index in [1.54, 1.807) is 12.1 Å². The van der Waals surface area contributed by atoms with E-state index in [-0.39, 0.29) is 12.1 Å². The second kappa shape index (κ2) is 5.91. The molecule has 5 nitrogen and oxygen atoms in total. The molecule has 0 bridgehead atoms. The summed E-state index contributed by atoms with van der Waals surface area (Å²) in [5.41, 5.74) is -0.357. The molecule has 0 amide bonds. The lowest BCUT2D eigenvalue weighted by Gasteiger charge is -2.33. The van der Waals surface area contributed by atoms with Gasteiger partial charge in [0.15, 0.2) is 0 Å². The van der Waals surface area contributed by atoms with Crippen LogP contribution in [0.25, 0.3) is 0 Å². The number of carbonyl (C=O) groups is 1. The fraction of sp³-hybridized carbons (Fsp3) is 0.500. The highest BCUT2D eigenvalue weighted by atomic mass is 79.9. The fourth-order valence-electron chi connectivity index (χ4n) is 2.92. The van der Waals surface area contributed by atoms with Crippen LogP contribution in [0.5, 0.6) is 0 Å². The van der Waals surface area contributed by atoms with Gasteiger partial charge in [0.2, 0.25) is 0 Å². The van der Waals surface area contributed by atoms with E-state index in [9.17, 15) is 20.0 Å². The normalized spacial score (nSPS) is 17.6. The van der Waals surface area contributed by atoms with E-state index in [0.717, 1.165) is 19.3 Å². The van der Waals surface area contributed by atoms with Crippen LogP contribution in [0.4, 0.5) is 5.69 Å². The number of carboxylic acid groups (broad SMARTS) is 1. The van der Waals surface area contributed by atoms with Gasteiger partial charge in [-0.2, -0.15) is 0 Å². The monoisotopic (exact) mass is 341 g/mol. The van der Waals surface area contributed by atoms with Crippen LogP contribution in [0.2, 0.25) is 0 Å². The molecule has 0 heterocycles. The molecule has 0 saturated heterocycles. The molecule has 1 aliphatic carbocycles. The van der Waals surface area contributed by atoms with Crippen molar-refractivity contribution in [3.63, 3.8) is 0 Å². The van der Waals surface area contributed by atoms with E-state index >= 15 is 0 Å². The molecule has 0 spiro atoms. The maximum atomic E-state index is 11.6. The van der Waals surface area contributed by atoms with Crippen LogP contribution in [0.3, 0.4) is 0 Å². The van der Waals surface area contributed by atoms with E-state index in [1.165, 1.54) is 6.07 Å². The number of nitro groups is 1. The van der Waals surface area contributed by atoms with E-state index in [4.69, 9.17) is 0 Å². The summed E-state index contributed by atoms with van der Waals surface area (Å²) in [6.07, 6.45) is 4.20. The summed E-state index contributed by atoms with van der Waals surface area (Å²) < 4.78 is 0.626. The van der Waals surface area contributed by atoms with Crippen molar-refractivity contribution in [3.8, 4) is 0 Å². The van der Waals surface area contributed by atoms with Gasteiger partial charge in [-0.1, -0.05) is 41.3 Å². The van der Waals surface area contributed by atoms with Crippen molar-refractivity contribution in [2.24, 2.45) is 5.41 Å². The lowest BCUT2D eigenvalue weighted by molar-refractivity contribution is -0.385. The van der Waals surface area contributed by atoms with Crippen molar-refractivity contribution in [1.82, 2.24) is 0 Å². The summed E-state index contributed by atoms with van der Waals surface area (Å²) in [6, 6.07) is 4.82. The number of nitro benzene ring substituents is 1. The first-order valence-corrected chi connectivity index (χ1v) is 7.40. The SMILES string of the molecule is O=C(O)C1(Cc2ccc(Br)cc2[N+](=O)[O-])CCCCC1. The van der Waals surface area contributed by atoms with Crippen molar-refractivity contribution in [1.29, 1.82) is 0 Å². The van der Waals surface area contributed by atoms with Gasteiger partial charge in [0.25, 0.3) is 5.69 Å². The highest BCUT2D eigenvalue weighted by molar-refractivity contribution is 9.10. The predicted molar refractivity (Wildman–Crippen MR) is 77.7 cm³/mol. The molecule has 1 aliphatic rings. The summed E-state index contributed by atoms with van der Waals surface area (Å²) in [7, 11) is 0. The Labute approximate surface area is 125 Å². The molecule has 0 radical (unpaired) electrons. The fourth-order valence-corrected chi connectivity index (χ4v) is 3.26. The van der Waals surface area contributed by atoms with E-state index in [0.29, 0.717) is 22.9 Å². The molecule has 108 valence electrons. The van der Waals surface area contributed by atoms with Gasteiger partial charge in [-0.3, -0.25) is 14.9 Å². The summed E-state index contributed by atoms with van der Waals surface area (Å²) in [5, 5.41) is 20.7. The molecule has 0 unspecified atom stereocenters. The summed E-state index contributed by atoms with van der Waals surface area (Å²) in [4.78, 5) is 22.3. The number of nitrogens with zero attached hydrogens (tertiary/aromatic N) is 1. The number of hydrogen-bond donors (Lipinski definition) is 1. The standard InChI is InChI=1S/C14H16BrNO4/c15-11-5-4-10(12(8-11)16(19)20)9-14(13(17)18)6-2-1-3-7-14/h4-5,8H,1-3,6-7,9H2,(H,17,18). The molecule has 1 saturated carbocycles. The van der Waals surface area contributed by atoms with Gasteiger partial charge in [-0.15, -0.1) is 0 Å². The Kier molecular flexibility index (Phi) is 4.42. The minimum Gasteiger partial charge on any atom is -0.481 e. The smallest absolute Gasteiger partial charge is 0.309 e. The Morgan fingerprint density at radius 2 is 2.00 bits per heavy atom. The minimum atomic E-state index is -0.850. The molecule has 0 aromatic heterocycles. The number of hydrogen-bond acceptors (Lipinski definition) is 3. The second-order valence-electron chi connectivity index (χ2n) is 5.35. The lowest BCUT2D eigenvalue weighted by Crippen LogP contribution is -2.35. The van der Waals surface area contributed by atoms with Crippen LogP contribution >= 0.6 is 15.9 Å². The first-order valence-electron chi connectivity index (χ1n) is 6.61. The average Bonchev–Trinajstić information content (AvgIpc) is 2.41. The number of rotatable bonds is 4. The third kappa shape index (κ3) is 3.00. The van der Waals surface area contributed by atoms with Gasteiger partial charge >= 0.3 is 5.97 Å². The van der Waals surface area contributed by atoms with Gasteiger partial charge in [-0.25, -0.2) is 0 Å². The first-order chi connectivity index (χ1) is 9.44. The molecule has 6 heteroatoms. The number of aliphatic carboxylic acids is 1. The Morgan fingerprint density at radius 1 is 1.35 bits per heavy atom. The highest BCUT2D eigenvalue weighted by Crippen LogP contribution is 2.41. The number of benzene rings is 1. The molecule has 1 aromatic carbocycles. The molecular weight excluding hydrogens is 326 g/mol. The van der Waals surface area contributed by atoms with Crippen LogP contribution in [0.1, 0.15) is 37.7 Å². The topological polar surface area (TPSA) is 80.4 Å². The van der Waals surface area contributed by atoms with Gasteiger partial charge < -0.3 is 5.11 Å². The molecule has 0 aliphatic heterocycles. The van der Waals surface area contributed by atoms with Gasteiger partial charge in [-0.05, 0) is 25.3 Å². The van der Waals surface area contributed by atoms with Gasteiger partial charge in [0, 0.05) is 16.1 Å². The van der Waals surface area contributed by atoms with E-state index < -0.39 is 16.3 Å². The maximum absolute atomic E-state index is 11.6. The molecule has 1 N–H and O–H groups in total. The number of halogens is 1. The Balaban J connectivity index is 2.36. The third-order valence-corrected chi connectivity index (χ3v) is 4.53. The molecule has 2 rings (SSSR count). The second-order valence-corrected chi connectivity index (χ2v) is 6.27. The van der Waals surface area contributed by atoms with Gasteiger partial charge in [0.1, 0.15) is 0 Å². The van der Waals surface area contributed by atoms with Gasteiger partial charge in [0.05, 0.1) is 10.3 Å². The molecule has 20 heavy (non-hydrogen) atoms. The van der Waals surface area contributed by atoms with Crippen LogP contribution in [0, 0.1) is 15.5 Å². The molecular formula is C14H16BrNO4. The van der Waals surface area contributed by atoms with Crippen LogP contribution in [-0.2, 0) is 11.2 Å². The lowest BCUT2D eigenvalue weighted by atomic mass is 9.70. The quantitative estimate of drug-likeness (QED) is 0.664. The van der Waals surface area contributed by atoms with E-state index in [2.05, 4.69) is 15.9 Å². The van der Waals surface area contributed by atoms with Crippen molar-refractivity contribution in [2.75, 3.05) is 0 Å². The summed E-state index contributed by atoms with van der Waals surface area (Å²) in [6.45, 7) is 0. The Morgan fingerprint density at radius 3 is 2.55 bits per heavy atom. The number of carboxylic acids is 1. The third-order valence-electron chi connectivity index (χ3n) is 4.04. The zero-order chi connectivity index (χ0) is 14.8.